The number of hydrogen-bond acceptors (Lipinski definition) is 5. The summed E-state index contributed by atoms with van der Waals surface area (Å²) in [7, 11) is 1.61. The highest BCUT2D eigenvalue weighted by Crippen LogP contribution is 2.12. The lowest BCUT2D eigenvalue weighted by molar-refractivity contribution is 0.0946. The lowest BCUT2D eigenvalue weighted by atomic mass is 10.1. The van der Waals surface area contributed by atoms with Crippen molar-refractivity contribution in [3.05, 3.63) is 51.9 Å². The molecule has 2 N–H and O–H groups in total. The number of aryl methyl sites for hydroxylation is 1. The Hall–Kier alpha value is -3.00. The van der Waals surface area contributed by atoms with Crippen molar-refractivity contribution in [3.8, 4) is 0 Å². The number of hydrogen-bond donors (Lipinski definition) is 2. The second kappa shape index (κ2) is 10.2. The maximum Gasteiger partial charge on any atom is 0.267 e. The predicted molar refractivity (Wildman–Crippen MR) is 116 cm³/mol. The zero-order valence-electron chi connectivity index (χ0n) is 17.6. The highest BCUT2D eigenvalue weighted by atomic mass is 16.5. The van der Waals surface area contributed by atoms with E-state index in [0.29, 0.717) is 42.8 Å². The van der Waals surface area contributed by atoms with E-state index in [0.717, 1.165) is 25.7 Å². The first-order chi connectivity index (χ1) is 14.6. The Morgan fingerprint density at radius 1 is 1.23 bits per heavy atom. The van der Waals surface area contributed by atoms with Crippen molar-refractivity contribution in [1.29, 1.82) is 5.41 Å². The molecule has 3 aromatic rings. The molecule has 3 aromatic heterocycles. The fourth-order valence-electron chi connectivity index (χ4n) is 3.49. The molecule has 0 fully saturated rings. The number of ether oxygens (including phenoxy) is 1. The fourth-order valence-corrected chi connectivity index (χ4v) is 3.49. The maximum absolute atomic E-state index is 13.1. The molecule has 30 heavy (non-hydrogen) atoms. The van der Waals surface area contributed by atoms with Gasteiger partial charge in [0.15, 0.2) is 0 Å². The summed E-state index contributed by atoms with van der Waals surface area (Å²) >= 11 is 0. The van der Waals surface area contributed by atoms with Gasteiger partial charge in [-0.15, -0.1) is 0 Å². The molecule has 1 amide bonds. The van der Waals surface area contributed by atoms with Crippen molar-refractivity contribution >= 4 is 22.6 Å². The minimum absolute atomic E-state index is 0.0791. The Bertz CT molecular complexity index is 1150. The first-order valence-electron chi connectivity index (χ1n) is 10.4. The number of fused-ring (bicyclic) bond motifs is 2. The molecule has 0 atom stereocenters. The number of unbranched alkanes of at least 4 members (excludes halogenated alkanes) is 3. The molecule has 0 aliphatic carbocycles. The third-order valence-corrected chi connectivity index (χ3v) is 5.11. The van der Waals surface area contributed by atoms with Gasteiger partial charge in [-0.1, -0.05) is 32.3 Å². The molecule has 0 bridgehead atoms. The number of rotatable bonds is 10. The molecule has 3 rings (SSSR count). The van der Waals surface area contributed by atoms with Gasteiger partial charge in [0.25, 0.3) is 11.5 Å². The lowest BCUT2D eigenvalue weighted by Gasteiger charge is -2.15. The normalized spacial score (nSPS) is 11.3. The molecule has 0 aliphatic heterocycles. The lowest BCUT2D eigenvalue weighted by Crippen LogP contribution is -2.35. The average Bonchev–Trinajstić information content (AvgIpc) is 2.75. The minimum atomic E-state index is -0.363. The number of methoxy groups -OCH3 is 1. The van der Waals surface area contributed by atoms with Crippen molar-refractivity contribution in [1.82, 2.24) is 19.3 Å². The van der Waals surface area contributed by atoms with Gasteiger partial charge >= 0.3 is 0 Å². The third kappa shape index (κ3) is 4.59. The first kappa shape index (κ1) is 21.7. The number of carbonyl (C=O) groups is 1. The van der Waals surface area contributed by atoms with Crippen LogP contribution in [-0.4, -0.2) is 40.1 Å². The summed E-state index contributed by atoms with van der Waals surface area (Å²) in [6, 6.07) is 6.86. The molecule has 8 heteroatoms. The van der Waals surface area contributed by atoms with Gasteiger partial charge in [-0.05, 0) is 31.0 Å². The molecule has 0 unspecified atom stereocenters. The molecular weight excluding hydrogens is 382 g/mol. The monoisotopic (exact) mass is 411 g/mol. The van der Waals surface area contributed by atoms with Gasteiger partial charge in [0, 0.05) is 33.0 Å². The molecule has 0 radical (unpaired) electrons. The number of pyridine rings is 2. The van der Waals surface area contributed by atoms with E-state index >= 15 is 0 Å². The highest BCUT2D eigenvalue weighted by molar-refractivity contribution is 5.96. The van der Waals surface area contributed by atoms with Crippen LogP contribution in [0.4, 0.5) is 0 Å². The van der Waals surface area contributed by atoms with Crippen molar-refractivity contribution in [2.75, 3.05) is 20.3 Å². The Balaban J connectivity index is 2.10. The van der Waals surface area contributed by atoms with Crippen LogP contribution in [0.3, 0.4) is 0 Å². The van der Waals surface area contributed by atoms with Gasteiger partial charge in [0.05, 0.1) is 10.9 Å². The SMILES string of the molecule is CCCCCCn1c(=N)c(C(=O)NCCCOC)cc2c(=O)n3ccccc3nc21. The number of carbonyl (C=O) groups excluding carboxylic acids is 1. The number of nitrogens with zero attached hydrogens (tertiary/aromatic N) is 3. The topological polar surface area (TPSA) is 101 Å². The van der Waals surface area contributed by atoms with E-state index in [4.69, 9.17) is 10.1 Å². The quantitative estimate of drug-likeness (QED) is 0.395. The van der Waals surface area contributed by atoms with Crippen LogP contribution in [0.15, 0.2) is 35.3 Å². The standard InChI is InChI=1S/C22H29N5O3/c1-3-4-5-7-13-27-19(23)16(21(28)24-11-9-14-30-2)15-17-20(27)25-18-10-6-8-12-26(18)22(17)29/h6,8,10,12,15,23H,3-5,7,9,11,13-14H2,1-2H3,(H,24,28). The number of amides is 1. The van der Waals surface area contributed by atoms with E-state index in [-0.39, 0.29) is 22.5 Å². The largest absolute Gasteiger partial charge is 0.385 e. The van der Waals surface area contributed by atoms with Crippen molar-refractivity contribution < 1.29 is 9.53 Å². The second-order valence-corrected chi connectivity index (χ2v) is 7.30. The molecule has 0 spiro atoms. The van der Waals surface area contributed by atoms with Crippen LogP contribution < -0.4 is 16.4 Å². The van der Waals surface area contributed by atoms with E-state index in [2.05, 4.69) is 17.2 Å². The molecule has 160 valence electrons. The zero-order chi connectivity index (χ0) is 21.5. The predicted octanol–water partition coefficient (Wildman–Crippen LogP) is 2.48. The van der Waals surface area contributed by atoms with Crippen LogP contribution in [0, 0.1) is 5.41 Å². The highest BCUT2D eigenvalue weighted by Gasteiger charge is 2.17. The van der Waals surface area contributed by atoms with Crippen LogP contribution in [0.25, 0.3) is 16.7 Å². The number of aromatic nitrogens is 3. The molecule has 0 saturated heterocycles. The van der Waals surface area contributed by atoms with Crippen molar-refractivity contribution in [3.63, 3.8) is 0 Å². The summed E-state index contributed by atoms with van der Waals surface area (Å²) in [4.78, 5) is 30.5. The summed E-state index contributed by atoms with van der Waals surface area (Å²) in [5, 5.41) is 11.8. The van der Waals surface area contributed by atoms with Gasteiger partial charge < -0.3 is 14.6 Å². The molecule has 0 aliphatic rings. The first-order valence-corrected chi connectivity index (χ1v) is 10.4. The average molecular weight is 412 g/mol. The van der Waals surface area contributed by atoms with Crippen LogP contribution >= 0.6 is 0 Å². The molecule has 3 heterocycles. The third-order valence-electron chi connectivity index (χ3n) is 5.11. The van der Waals surface area contributed by atoms with E-state index in [1.54, 1.807) is 30.0 Å². The Kier molecular flexibility index (Phi) is 7.35. The van der Waals surface area contributed by atoms with Crippen LogP contribution in [0.5, 0.6) is 0 Å². The Morgan fingerprint density at radius 3 is 2.83 bits per heavy atom. The molecule has 0 aromatic carbocycles. The molecule has 8 nitrogen and oxygen atoms in total. The summed E-state index contributed by atoms with van der Waals surface area (Å²) in [6.07, 6.45) is 6.42. The van der Waals surface area contributed by atoms with Crippen LogP contribution in [-0.2, 0) is 11.3 Å². The summed E-state index contributed by atoms with van der Waals surface area (Å²) < 4.78 is 8.17. The zero-order valence-corrected chi connectivity index (χ0v) is 17.6. The van der Waals surface area contributed by atoms with Gasteiger partial charge in [-0.2, -0.15) is 0 Å². The van der Waals surface area contributed by atoms with Gasteiger partial charge in [-0.3, -0.25) is 19.4 Å². The maximum atomic E-state index is 13.1. The minimum Gasteiger partial charge on any atom is -0.385 e. The summed E-state index contributed by atoms with van der Waals surface area (Å²) in [5.74, 6) is -0.363. The van der Waals surface area contributed by atoms with E-state index < -0.39 is 0 Å². The Morgan fingerprint density at radius 2 is 2.07 bits per heavy atom. The summed E-state index contributed by atoms with van der Waals surface area (Å²) in [6.45, 7) is 3.66. The van der Waals surface area contributed by atoms with Crippen LogP contribution in [0.2, 0.25) is 0 Å². The Labute approximate surface area is 175 Å². The van der Waals surface area contributed by atoms with Crippen molar-refractivity contribution in [2.45, 2.75) is 45.6 Å². The van der Waals surface area contributed by atoms with E-state index in [9.17, 15) is 9.59 Å². The number of nitrogens with one attached hydrogen (secondary N) is 2. The molecule has 0 saturated carbocycles. The van der Waals surface area contributed by atoms with Gasteiger partial charge in [0.1, 0.15) is 16.8 Å². The smallest absolute Gasteiger partial charge is 0.267 e. The van der Waals surface area contributed by atoms with Gasteiger partial charge in [0.2, 0.25) is 0 Å². The second-order valence-electron chi connectivity index (χ2n) is 7.30. The summed E-state index contributed by atoms with van der Waals surface area (Å²) in [5.41, 5.74) is 0.990. The van der Waals surface area contributed by atoms with Crippen molar-refractivity contribution in [2.24, 2.45) is 0 Å². The van der Waals surface area contributed by atoms with E-state index in [1.165, 1.54) is 10.5 Å². The van der Waals surface area contributed by atoms with Gasteiger partial charge in [-0.25, -0.2) is 4.98 Å². The fraction of sp³-hybridized carbons (Fsp3) is 0.455. The van der Waals surface area contributed by atoms with E-state index in [1.807, 2.05) is 6.07 Å². The molecular formula is C22H29N5O3. The van der Waals surface area contributed by atoms with Crippen LogP contribution in [0.1, 0.15) is 49.4 Å².